The zero-order valence-corrected chi connectivity index (χ0v) is 11.1. The Bertz CT molecular complexity index is 963. The van der Waals surface area contributed by atoms with Gasteiger partial charge in [0.1, 0.15) is 11.1 Å². The molecule has 2 nitrogen and oxygen atoms in total. The Balaban J connectivity index is 2.20. The van der Waals surface area contributed by atoms with Crippen LogP contribution in [0.2, 0.25) is 0 Å². The zero-order valence-electron chi connectivity index (χ0n) is 11.1. The molecule has 0 fully saturated rings. The summed E-state index contributed by atoms with van der Waals surface area (Å²) >= 11 is 0. The van der Waals surface area contributed by atoms with E-state index in [1.807, 2.05) is 0 Å². The minimum atomic E-state index is -4.54. The van der Waals surface area contributed by atoms with Gasteiger partial charge in [-0.15, -0.1) is 0 Å². The van der Waals surface area contributed by atoms with Crippen molar-refractivity contribution in [3.8, 4) is 11.5 Å². The Labute approximate surface area is 122 Å². The van der Waals surface area contributed by atoms with E-state index in [0.29, 0.717) is 5.39 Å². The highest BCUT2D eigenvalue weighted by atomic mass is 19.4. The maximum atomic E-state index is 13.6. The first-order chi connectivity index (χ1) is 10.6. The van der Waals surface area contributed by atoms with Crippen LogP contribution in [0.4, 0.5) is 13.2 Å². The van der Waals surface area contributed by atoms with Gasteiger partial charge in [0.2, 0.25) is 0 Å². The molecule has 22 heavy (non-hydrogen) atoms. The molecular weight excluding hydrogens is 293 g/mol. The van der Waals surface area contributed by atoms with Gasteiger partial charge in [0, 0.05) is 5.39 Å². The number of benzene rings is 2. The topological polar surface area (TPSA) is 26.3 Å². The van der Waals surface area contributed by atoms with E-state index in [4.69, 9.17) is 8.83 Å². The van der Waals surface area contributed by atoms with Gasteiger partial charge in [-0.05, 0) is 29.0 Å². The van der Waals surface area contributed by atoms with E-state index >= 15 is 0 Å². The van der Waals surface area contributed by atoms with E-state index in [0.717, 1.165) is 5.39 Å². The monoisotopic (exact) mass is 302 g/mol. The summed E-state index contributed by atoms with van der Waals surface area (Å²) in [5.74, 6) is -0.226. The van der Waals surface area contributed by atoms with Crippen LogP contribution < -0.4 is 0 Å². The lowest BCUT2D eigenvalue weighted by Crippen LogP contribution is -2.05. The lowest BCUT2D eigenvalue weighted by Gasteiger charge is -2.07. The summed E-state index contributed by atoms with van der Waals surface area (Å²) in [5.41, 5.74) is -0.605. The van der Waals surface area contributed by atoms with Crippen LogP contribution in [0.5, 0.6) is 0 Å². The van der Waals surface area contributed by atoms with Crippen molar-refractivity contribution in [1.82, 2.24) is 0 Å². The van der Waals surface area contributed by atoms with Crippen LogP contribution in [-0.4, -0.2) is 0 Å². The standard InChI is InChI=1S/C17H9F3O2/c18-17(19,20)15-14-11-5-2-1-4-10(11)7-8-12(14)22-16(15)13-6-3-9-21-13/h1-9H. The maximum Gasteiger partial charge on any atom is 0.420 e. The Morgan fingerprint density at radius 3 is 2.41 bits per heavy atom. The third-order valence-corrected chi connectivity index (χ3v) is 3.61. The molecule has 4 aromatic rings. The quantitative estimate of drug-likeness (QED) is 0.440. The molecule has 0 saturated carbocycles. The minimum absolute atomic E-state index is 0.0626. The highest BCUT2D eigenvalue weighted by molar-refractivity contribution is 6.09. The third-order valence-electron chi connectivity index (χ3n) is 3.61. The fourth-order valence-electron chi connectivity index (χ4n) is 2.72. The number of rotatable bonds is 1. The first kappa shape index (κ1) is 13.0. The van der Waals surface area contributed by atoms with Gasteiger partial charge < -0.3 is 8.83 Å². The van der Waals surface area contributed by atoms with Crippen molar-refractivity contribution >= 4 is 21.7 Å². The summed E-state index contributed by atoms with van der Waals surface area (Å²) in [4.78, 5) is 0. The second-order valence-corrected chi connectivity index (χ2v) is 4.94. The predicted molar refractivity (Wildman–Crippen MR) is 76.4 cm³/mol. The number of alkyl halides is 3. The average molecular weight is 302 g/mol. The Morgan fingerprint density at radius 1 is 0.864 bits per heavy atom. The normalized spacial score (nSPS) is 12.3. The molecule has 0 spiro atoms. The molecule has 2 aromatic heterocycles. The van der Waals surface area contributed by atoms with Gasteiger partial charge in [-0.3, -0.25) is 0 Å². The summed E-state index contributed by atoms with van der Waals surface area (Å²) in [6, 6.07) is 13.2. The van der Waals surface area contributed by atoms with Crippen molar-refractivity contribution in [2.75, 3.05) is 0 Å². The van der Waals surface area contributed by atoms with Crippen molar-refractivity contribution < 1.29 is 22.0 Å². The van der Waals surface area contributed by atoms with Gasteiger partial charge >= 0.3 is 6.18 Å². The number of halogens is 3. The minimum Gasteiger partial charge on any atom is -0.461 e. The maximum absolute atomic E-state index is 13.6. The fraction of sp³-hybridized carbons (Fsp3) is 0.0588. The van der Waals surface area contributed by atoms with Gasteiger partial charge in [-0.25, -0.2) is 0 Å². The molecule has 0 amide bonds. The Hall–Kier alpha value is -2.69. The van der Waals surface area contributed by atoms with Crippen LogP contribution >= 0.6 is 0 Å². The van der Waals surface area contributed by atoms with E-state index in [1.165, 1.54) is 18.4 Å². The van der Waals surface area contributed by atoms with Crippen molar-refractivity contribution in [2.45, 2.75) is 6.18 Å². The molecule has 0 aliphatic rings. The molecule has 0 aliphatic carbocycles. The molecule has 0 saturated heterocycles. The molecule has 4 rings (SSSR count). The summed E-state index contributed by atoms with van der Waals surface area (Å²) < 4.78 is 51.5. The first-order valence-electron chi connectivity index (χ1n) is 6.61. The first-order valence-corrected chi connectivity index (χ1v) is 6.61. The van der Waals surface area contributed by atoms with E-state index in [-0.39, 0.29) is 22.5 Å². The van der Waals surface area contributed by atoms with Crippen molar-refractivity contribution in [1.29, 1.82) is 0 Å². The lowest BCUT2D eigenvalue weighted by molar-refractivity contribution is -0.136. The van der Waals surface area contributed by atoms with Crippen LogP contribution in [0.15, 0.2) is 63.6 Å². The van der Waals surface area contributed by atoms with Gasteiger partial charge in [-0.1, -0.05) is 30.3 Å². The largest absolute Gasteiger partial charge is 0.461 e. The second-order valence-electron chi connectivity index (χ2n) is 4.94. The van der Waals surface area contributed by atoms with Gasteiger partial charge in [0.25, 0.3) is 0 Å². The van der Waals surface area contributed by atoms with Crippen molar-refractivity contribution in [3.63, 3.8) is 0 Å². The highest BCUT2D eigenvalue weighted by Gasteiger charge is 2.40. The van der Waals surface area contributed by atoms with Crippen molar-refractivity contribution in [2.24, 2.45) is 0 Å². The molecule has 0 N–H and O–H groups in total. The molecular formula is C17H9F3O2. The summed E-state index contributed by atoms with van der Waals surface area (Å²) in [7, 11) is 0. The molecule has 0 radical (unpaired) electrons. The molecule has 0 unspecified atom stereocenters. The Kier molecular flexibility index (Phi) is 2.60. The third kappa shape index (κ3) is 1.82. The zero-order chi connectivity index (χ0) is 15.3. The lowest BCUT2D eigenvalue weighted by atomic mass is 10.0. The van der Waals surface area contributed by atoms with Crippen molar-refractivity contribution in [3.05, 3.63) is 60.4 Å². The fourth-order valence-corrected chi connectivity index (χ4v) is 2.72. The average Bonchev–Trinajstić information content (AvgIpc) is 3.13. The van der Waals surface area contributed by atoms with Crippen LogP contribution in [0, 0.1) is 0 Å². The Morgan fingerprint density at radius 2 is 1.68 bits per heavy atom. The van der Waals surface area contributed by atoms with Gasteiger partial charge in [0.05, 0.1) is 6.26 Å². The van der Waals surface area contributed by atoms with E-state index in [2.05, 4.69) is 0 Å². The molecule has 0 bridgehead atoms. The summed E-state index contributed by atoms with van der Waals surface area (Å²) in [6.45, 7) is 0. The number of fused-ring (bicyclic) bond motifs is 3. The molecule has 2 aromatic carbocycles. The van der Waals surface area contributed by atoms with Crippen LogP contribution in [-0.2, 0) is 6.18 Å². The highest BCUT2D eigenvalue weighted by Crippen LogP contribution is 2.46. The number of hydrogen-bond acceptors (Lipinski definition) is 2. The van der Waals surface area contributed by atoms with Crippen LogP contribution in [0.25, 0.3) is 33.3 Å². The predicted octanol–water partition coefficient (Wildman–Crippen LogP) is 5.86. The van der Waals surface area contributed by atoms with E-state index in [1.54, 1.807) is 36.4 Å². The summed E-state index contributed by atoms with van der Waals surface area (Å²) in [6.07, 6.45) is -3.22. The van der Waals surface area contributed by atoms with E-state index < -0.39 is 11.7 Å². The number of furan rings is 2. The van der Waals surface area contributed by atoms with Crippen LogP contribution in [0.3, 0.4) is 0 Å². The molecule has 2 heterocycles. The molecule has 5 heteroatoms. The van der Waals surface area contributed by atoms with E-state index in [9.17, 15) is 13.2 Å². The van der Waals surface area contributed by atoms with Crippen LogP contribution in [0.1, 0.15) is 5.56 Å². The second kappa shape index (κ2) is 4.40. The molecule has 0 atom stereocenters. The molecule has 0 aliphatic heterocycles. The SMILES string of the molecule is FC(F)(F)c1c(-c2ccco2)oc2ccc3ccccc3c12. The molecule has 110 valence electrons. The smallest absolute Gasteiger partial charge is 0.420 e. The van der Waals surface area contributed by atoms with Gasteiger partial charge in [0.15, 0.2) is 11.5 Å². The summed E-state index contributed by atoms with van der Waals surface area (Å²) in [5, 5.41) is 1.30. The van der Waals surface area contributed by atoms with Gasteiger partial charge in [-0.2, -0.15) is 13.2 Å². The number of hydrogen-bond donors (Lipinski definition) is 0.